The van der Waals surface area contributed by atoms with Crippen molar-refractivity contribution in [1.29, 1.82) is 0 Å². The normalized spacial score (nSPS) is 11.4. The average molecular weight is 376 g/mol. The van der Waals surface area contributed by atoms with Gasteiger partial charge in [0, 0.05) is 17.7 Å². The fourth-order valence-corrected chi connectivity index (χ4v) is 3.17. The number of benzene rings is 2. The number of nitrogens with one attached hydrogen (secondary N) is 1. The topological polar surface area (TPSA) is 94.4 Å². The van der Waals surface area contributed by atoms with E-state index >= 15 is 0 Å². The molecule has 0 fully saturated rings. The lowest BCUT2D eigenvalue weighted by atomic mass is 10.2. The number of sulfone groups is 1. The number of thiocarbonyl (C=S) groups is 1. The number of methoxy groups -OCH3 is 1. The maximum Gasteiger partial charge on any atom is 0.175 e. The summed E-state index contributed by atoms with van der Waals surface area (Å²) in [6, 6.07) is 11.6. The van der Waals surface area contributed by atoms with Crippen LogP contribution in [0.1, 0.15) is 5.69 Å². The summed E-state index contributed by atoms with van der Waals surface area (Å²) in [4.78, 5) is 3.61. The Labute approximate surface area is 150 Å². The third-order valence-electron chi connectivity index (χ3n) is 3.64. The molecule has 0 saturated carbocycles. The van der Waals surface area contributed by atoms with Crippen LogP contribution in [0.5, 0.6) is 17.2 Å². The van der Waals surface area contributed by atoms with E-state index in [-0.39, 0.29) is 9.88 Å². The standard InChI is InChI=1S/C17H16N2O4S2/c1-22-15-9-12(7-10-8-14(17(18)24)19-16(10)15)23-11-3-5-13(6-4-11)25(2,20)21/h3-9,19H,1-2H3,(H2,18,24). The predicted octanol–water partition coefficient (Wildman–Crippen LogP) is 3.01. The second-order valence-electron chi connectivity index (χ2n) is 5.48. The maximum absolute atomic E-state index is 11.5. The van der Waals surface area contributed by atoms with Gasteiger partial charge in [-0.3, -0.25) is 0 Å². The molecule has 3 rings (SSSR count). The number of H-pyrrole nitrogens is 1. The van der Waals surface area contributed by atoms with Crippen molar-refractivity contribution in [3.05, 3.63) is 48.2 Å². The van der Waals surface area contributed by atoms with Crippen LogP contribution >= 0.6 is 12.2 Å². The van der Waals surface area contributed by atoms with Gasteiger partial charge in [0.2, 0.25) is 0 Å². The predicted molar refractivity (Wildman–Crippen MR) is 100 cm³/mol. The number of aromatic amines is 1. The summed E-state index contributed by atoms with van der Waals surface area (Å²) in [5.41, 5.74) is 7.06. The molecule has 1 heterocycles. The lowest BCUT2D eigenvalue weighted by molar-refractivity contribution is 0.413. The van der Waals surface area contributed by atoms with Crippen LogP contribution in [0.3, 0.4) is 0 Å². The van der Waals surface area contributed by atoms with E-state index in [4.69, 9.17) is 27.4 Å². The Morgan fingerprint density at radius 3 is 2.36 bits per heavy atom. The van der Waals surface area contributed by atoms with Crippen molar-refractivity contribution in [3.63, 3.8) is 0 Å². The molecule has 2 aromatic carbocycles. The lowest BCUT2D eigenvalue weighted by Crippen LogP contribution is -2.09. The summed E-state index contributed by atoms with van der Waals surface area (Å²) in [5.74, 6) is 1.65. The van der Waals surface area contributed by atoms with Crippen LogP contribution in [0, 0.1) is 0 Å². The summed E-state index contributed by atoms with van der Waals surface area (Å²) in [6.07, 6.45) is 1.16. The molecule has 0 aliphatic heterocycles. The molecule has 0 spiro atoms. The highest BCUT2D eigenvalue weighted by Crippen LogP contribution is 2.33. The lowest BCUT2D eigenvalue weighted by Gasteiger charge is -2.09. The largest absolute Gasteiger partial charge is 0.494 e. The molecule has 0 bridgehead atoms. The van der Waals surface area contributed by atoms with Gasteiger partial charge in [0.25, 0.3) is 0 Å². The molecule has 8 heteroatoms. The number of ether oxygens (including phenoxy) is 2. The summed E-state index contributed by atoms with van der Waals surface area (Å²) < 4.78 is 34.2. The summed E-state index contributed by atoms with van der Waals surface area (Å²) in [7, 11) is -1.68. The van der Waals surface area contributed by atoms with E-state index in [9.17, 15) is 8.42 Å². The van der Waals surface area contributed by atoms with Crippen LogP contribution in [0.4, 0.5) is 0 Å². The van der Waals surface area contributed by atoms with Crippen molar-refractivity contribution in [2.45, 2.75) is 4.90 Å². The molecule has 130 valence electrons. The van der Waals surface area contributed by atoms with E-state index in [1.165, 1.54) is 12.1 Å². The number of nitrogens with two attached hydrogens (primary N) is 1. The Morgan fingerprint density at radius 2 is 1.80 bits per heavy atom. The third kappa shape index (κ3) is 3.59. The van der Waals surface area contributed by atoms with E-state index in [0.717, 1.165) is 17.2 Å². The number of rotatable bonds is 5. The van der Waals surface area contributed by atoms with E-state index in [2.05, 4.69) is 4.98 Å². The smallest absolute Gasteiger partial charge is 0.175 e. The van der Waals surface area contributed by atoms with Crippen LogP contribution in [-0.2, 0) is 9.84 Å². The van der Waals surface area contributed by atoms with Crippen molar-refractivity contribution in [2.75, 3.05) is 13.4 Å². The molecule has 0 aliphatic rings. The van der Waals surface area contributed by atoms with Gasteiger partial charge in [0.15, 0.2) is 9.84 Å². The minimum atomic E-state index is -3.24. The second-order valence-corrected chi connectivity index (χ2v) is 7.94. The monoisotopic (exact) mass is 376 g/mol. The first kappa shape index (κ1) is 17.2. The molecule has 0 radical (unpaired) electrons. The van der Waals surface area contributed by atoms with Crippen molar-refractivity contribution in [1.82, 2.24) is 4.98 Å². The third-order valence-corrected chi connectivity index (χ3v) is 4.99. The van der Waals surface area contributed by atoms with Crippen molar-refractivity contribution in [2.24, 2.45) is 5.73 Å². The van der Waals surface area contributed by atoms with Gasteiger partial charge in [-0.15, -0.1) is 0 Å². The zero-order chi connectivity index (χ0) is 18.2. The molecule has 3 aromatic rings. The molecule has 0 saturated heterocycles. The molecule has 0 amide bonds. The molecule has 6 nitrogen and oxygen atoms in total. The quantitative estimate of drug-likeness (QED) is 0.665. The van der Waals surface area contributed by atoms with Gasteiger partial charge in [0.1, 0.15) is 22.2 Å². The van der Waals surface area contributed by atoms with Gasteiger partial charge < -0.3 is 20.2 Å². The van der Waals surface area contributed by atoms with Gasteiger partial charge >= 0.3 is 0 Å². The summed E-state index contributed by atoms with van der Waals surface area (Å²) in [6.45, 7) is 0. The number of fused-ring (bicyclic) bond motifs is 1. The molecule has 0 atom stereocenters. The zero-order valence-electron chi connectivity index (χ0n) is 13.6. The van der Waals surface area contributed by atoms with Crippen LogP contribution < -0.4 is 15.2 Å². The molecule has 25 heavy (non-hydrogen) atoms. The molecular weight excluding hydrogens is 360 g/mol. The Balaban J connectivity index is 1.97. The van der Waals surface area contributed by atoms with E-state index in [1.54, 1.807) is 25.3 Å². The van der Waals surface area contributed by atoms with Gasteiger partial charge in [-0.25, -0.2) is 8.42 Å². The minimum absolute atomic E-state index is 0.236. The Kier molecular flexibility index (Phi) is 4.40. The zero-order valence-corrected chi connectivity index (χ0v) is 15.2. The number of aromatic nitrogens is 1. The van der Waals surface area contributed by atoms with E-state index in [1.807, 2.05) is 12.1 Å². The average Bonchev–Trinajstić information content (AvgIpc) is 2.98. The number of hydrogen-bond acceptors (Lipinski definition) is 5. The molecule has 1 aromatic heterocycles. The van der Waals surface area contributed by atoms with E-state index in [0.29, 0.717) is 22.9 Å². The molecule has 0 unspecified atom stereocenters. The summed E-state index contributed by atoms with van der Waals surface area (Å²) in [5, 5.41) is 0.838. The Morgan fingerprint density at radius 1 is 1.12 bits per heavy atom. The summed E-state index contributed by atoms with van der Waals surface area (Å²) >= 11 is 4.99. The van der Waals surface area contributed by atoms with Crippen molar-refractivity contribution in [3.8, 4) is 17.2 Å². The van der Waals surface area contributed by atoms with Crippen LogP contribution in [0.25, 0.3) is 10.9 Å². The van der Waals surface area contributed by atoms with Gasteiger partial charge in [-0.1, -0.05) is 12.2 Å². The van der Waals surface area contributed by atoms with Crippen LogP contribution in [0.15, 0.2) is 47.4 Å². The van der Waals surface area contributed by atoms with Crippen molar-refractivity contribution >= 4 is 37.9 Å². The first-order valence-electron chi connectivity index (χ1n) is 7.26. The first-order chi connectivity index (χ1) is 11.8. The van der Waals surface area contributed by atoms with Gasteiger partial charge in [-0.2, -0.15) is 0 Å². The molecule has 3 N–H and O–H groups in total. The second kappa shape index (κ2) is 6.38. The van der Waals surface area contributed by atoms with Gasteiger partial charge in [-0.05, 0) is 36.4 Å². The number of hydrogen-bond donors (Lipinski definition) is 2. The Hall–Kier alpha value is -2.58. The first-order valence-corrected chi connectivity index (χ1v) is 9.56. The fraction of sp³-hybridized carbons (Fsp3) is 0.118. The van der Waals surface area contributed by atoms with Crippen LogP contribution in [-0.4, -0.2) is 31.8 Å². The van der Waals surface area contributed by atoms with Gasteiger partial charge in [0.05, 0.1) is 23.2 Å². The highest BCUT2D eigenvalue weighted by atomic mass is 32.2. The molecule has 0 aliphatic carbocycles. The van der Waals surface area contributed by atoms with E-state index < -0.39 is 9.84 Å². The Bertz CT molecular complexity index is 1050. The highest BCUT2D eigenvalue weighted by molar-refractivity contribution is 7.90. The molecular formula is C17H16N2O4S2. The van der Waals surface area contributed by atoms with Crippen LogP contribution in [0.2, 0.25) is 0 Å². The SMILES string of the molecule is COc1cc(Oc2ccc(S(C)(=O)=O)cc2)cc2cc(C(N)=S)[nH]c12. The fourth-order valence-electron chi connectivity index (χ4n) is 2.43. The highest BCUT2D eigenvalue weighted by Gasteiger charge is 2.12. The van der Waals surface area contributed by atoms with Crippen molar-refractivity contribution < 1.29 is 17.9 Å². The maximum atomic E-state index is 11.5. The minimum Gasteiger partial charge on any atom is -0.494 e.